The molecule has 1 aliphatic carbocycles. The van der Waals surface area contributed by atoms with Gasteiger partial charge in [0, 0.05) is 42.0 Å². The zero-order chi connectivity index (χ0) is 28.6. The number of anilines is 1. The van der Waals surface area contributed by atoms with Gasteiger partial charge in [0.15, 0.2) is 0 Å². The van der Waals surface area contributed by atoms with E-state index in [0.29, 0.717) is 13.0 Å². The van der Waals surface area contributed by atoms with Crippen molar-refractivity contribution in [1.82, 2.24) is 10.6 Å². The maximum Gasteiger partial charge on any atom is 0.258 e. The number of likely N-dealkylation sites (N-methyl/N-ethyl adjacent to an activating group) is 1. The monoisotopic (exact) mass is 536 g/mol. The van der Waals surface area contributed by atoms with Crippen LogP contribution in [0.25, 0.3) is 0 Å². The van der Waals surface area contributed by atoms with E-state index in [4.69, 9.17) is 0 Å². The van der Waals surface area contributed by atoms with E-state index in [1.807, 2.05) is 24.1 Å². The number of fused-ring (bicyclic) bond motifs is 1. The predicted molar refractivity (Wildman–Crippen MR) is 162 cm³/mol. The molecule has 0 saturated heterocycles. The van der Waals surface area contributed by atoms with Gasteiger partial charge in [-0.1, -0.05) is 38.1 Å². The summed E-state index contributed by atoms with van der Waals surface area (Å²) in [7, 11) is 3.43. The molecule has 0 radical (unpaired) electrons. The van der Waals surface area contributed by atoms with Gasteiger partial charge in [0.1, 0.15) is 0 Å². The summed E-state index contributed by atoms with van der Waals surface area (Å²) < 4.78 is 13.8. The maximum absolute atomic E-state index is 13.8. The summed E-state index contributed by atoms with van der Waals surface area (Å²) in [5.74, 6) is 0.144. The van der Waals surface area contributed by atoms with Crippen molar-refractivity contribution in [3.8, 4) is 0 Å². The molecule has 39 heavy (non-hydrogen) atoms. The molecule has 2 unspecified atom stereocenters. The number of nitrogens with one attached hydrogen (secondary N) is 2. The molecular formula is C33H49FN4O. The largest absolute Gasteiger partial charge is 0.391 e. The van der Waals surface area contributed by atoms with Crippen LogP contribution in [0.1, 0.15) is 105 Å². The molecule has 1 amide bonds. The van der Waals surface area contributed by atoms with E-state index in [0.717, 1.165) is 53.9 Å². The van der Waals surface area contributed by atoms with Crippen LogP contribution in [0.2, 0.25) is 0 Å². The number of alkyl halides is 1. The number of aryl methyl sites for hydroxylation is 1. The maximum atomic E-state index is 13.8. The van der Waals surface area contributed by atoms with Gasteiger partial charge in [-0.05, 0) is 106 Å². The summed E-state index contributed by atoms with van der Waals surface area (Å²) >= 11 is 0. The molecule has 0 spiro atoms. The highest BCUT2D eigenvalue weighted by molar-refractivity contribution is 6.10. The van der Waals surface area contributed by atoms with Crippen LogP contribution in [-0.2, 0) is 19.5 Å². The third-order valence-corrected chi connectivity index (χ3v) is 8.28. The van der Waals surface area contributed by atoms with Crippen molar-refractivity contribution in [2.24, 2.45) is 5.73 Å². The van der Waals surface area contributed by atoms with E-state index < -0.39 is 6.17 Å². The van der Waals surface area contributed by atoms with Crippen molar-refractivity contribution < 1.29 is 9.18 Å². The molecule has 0 aromatic heterocycles. The first-order valence-corrected chi connectivity index (χ1v) is 14.7. The van der Waals surface area contributed by atoms with E-state index in [-0.39, 0.29) is 17.4 Å². The number of benzene rings is 2. The van der Waals surface area contributed by atoms with Crippen LogP contribution in [0.5, 0.6) is 0 Å². The van der Waals surface area contributed by atoms with Crippen molar-refractivity contribution in [1.29, 1.82) is 0 Å². The molecule has 1 heterocycles. The summed E-state index contributed by atoms with van der Waals surface area (Å²) in [6.07, 6.45) is 8.11. The molecule has 4 rings (SSSR count). The number of carbonyl (C=O) groups is 1. The Morgan fingerprint density at radius 1 is 1.18 bits per heavy atom. The van der Waals surface area contributed by atoms with E-state index in [9.17, 15) is 9.18 Å². The minimum atomic E-state index is -0.844. The van der Waals surface area contributed by atoms with Crippen molar-refractivity contribution >= 4 is 11.6 Å². The van der Waals surface area contributed by atoms with Gasteiger partial charge in [-0.2, -0.15) is 0 Å². The van der Waals surface area contributed by atoms with Crippen molar-refractivity contribution in [3.05, 3.63) is 76.0 Å². The van der Waals surface area contributed by atoms with Gasteiger partial charge in [0.05, 0.1) is 12.7 Å². The highest BCUT2D eigenvalue weighted by atomic mass is 19.1. The number of hydrogen-bond acceptors (Lipinski definition) is 4. The Bertz CT molecular complexity index is 1140. The molecule has 1 fully saturated rings. The Morgan fingerprint density at radius 2 is 1.92 bits per heavy atom. The molecule has 5 nitrogen and oxygen atoms in total. The van der Waals surface area contributed by atoms with Crippen LogP contribution in [0.3, 0.4) is 0 Å². The molecule has 2 atom stereocenters. The second-order valence-electron chi connectivity index (χ2n) is 11.1. The van der Waals surface area contributed by atoms with Gasteiger partial charge in [-0.25, -0.2) is 4.39 Å². The van der Waals surface area contributed by atoms with Crippen LogP contribution < -0.4 is 21.3 Å². The standard InChI is InChI=1S/C32H44FN3O.CH5N/c1-6-10-30(34-5)27(14-13-22(3)33)25-11-8-12-26(19-25)36-21-29-24(7-2)17-23(18-28(29)31(36)37)20-35-32(4)15-9-16-32;1-2/h8,10-12,17-19,22,27,34-35H,6-7,9,13-16,20-21H2,1-5H3;2H2,1H3/b30-10+;. The highest BCUT2D eigenvalue weighted by Crippen LogP contribution is 2.36. The van der Waals surface area contributed by atoms with Gasteiger partial charge in [-0.3, -0.25) is 4.79 Å². The SMILES string of the molecule is CC/C=C(/NC)C(CCC(C)F)c1cccc(N2Cc3c(CC)cc(CNC4(C)CCC4)cc3C2=O)c1.CN. The number of rotatable bonds is 12. The smallest absolute Gasteiger partial charge is 0.258 e. The fraction of sp³-hybridized carbons (Fsp3) is 0.545. The molecule has 1 saturated carbocycles. The van der Waals surface area contributed by atoms with Crippen molar-refractivity contribution in [2.75, 3.05) is 19.0 Å². The number of allylic oxidation sites excluding steroid dienone is 2. The Balaban J connectivity index is 0.00000205. The van der Waals surface area contributed by atoms with Crippen LogP contribution in [-0.4, -0.2) is 31.7 Å². The fourth-order valence-electron chi connectivity index (χ4n) is 5.82. The van der Waals surface area contributed by atoms with Gasteiger partial charge < -0.3 is 21.3 Å². The Labute approximate surface area is 235 Å². The topological polar surface area (TPSA) is 70.4 Å². The molecule has 2 aliphatic rings. The third kappa shape index (κ3) is 7.29. The number of nitrogens with two attached hydrogens (primary N) is 1. The molecule has 1 aliphatic heterocycles. The molecule has 4 N–H and O–H groups in total. The van der Waals surface area contributed by atoms with E-state index in [2.05, 4.69) is 67.5 Å². The van der Waals surface area contributed by atoms with Gasteiger partial charge in [-0.15, -0.1) is 0 Å². The average Bonchev–Trinajstić information content (AvgIpc) is 3.27. The number of halogens is 1. The lowest BCUT2D eigenvalue weighted by molar-refractivity contribution is 0.0996. The summed E-state index contributed by atoms with van der Waals surface area (Å²) in [6.45, 7) is 9.60. The van der Waals surface area contributed by atoms with E-state index >= 15 is 0 Å². The zero-order valence-corrected chi connectivity index (χ0v) is 24.9. The van der Waals surface area contributed by atoms with Crippen LogP contribution >= 0.6 is 0 Å². The highest BCUT2D eigenvalue weighted by Gasteiger charge is 2.33. The Morgan fingerprint density at radius 3 is 2.51 bits per heavy atom. The second-order valence-corrected chi connectivity index (χ2v) is 11.1. The summed E-state index contributed by atoms with van der Waals surface area (Å²) in [6, 6.07) is 12.7. The van der Waals surface area contributed by atoms with Gasteiger partial charge in [0.25, 0.3) is 5.91 Å². The fourth-order valence-corrected chi connectivity index (χ4v) is 5.82. The zero-order valence-electron chi connectivity index (χ0n) is 24.9. The van der Waals surface area contributed by atoms with Crippen molar-refractivity contribution in [3.63, 3.8) is 0 Å². The number of hydrogen-bond donors (Lipinski definition) is 3. The minimum Gasteiger partial charge on any atom is -0.391 e. The molecule has 6 heteroatoms. The van der Waals surface area contributed by atoms with E-state index in [1.54, 1.807) is 6.92 Å². The molecule has 2 aromatic carbocycles. The van der Waals surface area contributed by atoms with Crippen molar-refractivity contribution in [2.45, 2.75) is 103 Å². The summed E-state index contributed by atoms with van der Waals surface area (Å²) in [5, 5.41) is 7.06. The predicted octanol–water partition coefficient (Wildman–Crippen LogP) is 6.75. The lowest BCUT2D eigenvalue weighted by Gasteiger charge is -2.39. The first-order chi connectivity index (χ1) is 18.8. The Kier molecular flexibility index (Phi) is 11.1. The first-order valence-electron chi connectivity index (χ1n) is 14.7. The third-order valence-electron chi connectivity index (χ3n) is 8.28. The molecule has 214 valence electrons. The number of nitrogens with zero attached hydrogens (tertiary/aromatic N) is 1. The normalized spacial score (nSPS) is 17.6. The van der Waals surface area contributed by atoms with Gasteiger partial charge >= 0.3 is 0 Å². The first kappa shape index (κ1) is 30.8. The lowest BCUT2D eigenvalue weighted by Crippen LogP contribution is -2.47. The number of carbonyl (C=O) groups excluding carboxylic acids is 1. The number of amides is 1. The van der Waals surface area contributed by atoms with E-state index in [1.165, 1.54) is 37.4 Å². The van der Waals surface area contributed by atoms with Crippen LogP contribution in [0.15, 0.2) is 48.2 Å². The molecule has 2 aromatic rings. The molecular weight excluding hydrogens is 487 g/mol. The molecule has 0 bridgehead atoms. The Hall–Kier alpha value is -2.70. The lowest BCUT2D eigenvalue weighted by atomic mass is 9.78. The average molecular weight is 537 g/mol. The second kappa shape index (κ2) is 14.1. The quantitative estimate of drug-likeness (QED) is 0.281. The minimum absolute atomic E-state index is 0.0694. The summed E-state index contributed by atoms with van der Waals surface area (Å²) in [5.41, 5.74) is 12.3. The van der Waals surface area contributed by atoms with Crippen LogP contribution in [0, 0.1) is 0 Å². The summed E-state index contributed by atoms with van der Waals surface area (Å²) in [4.78, 5) is 15.6. The van der Waals surface area contributed by atoms with Gasteiger partial charge in [0.2, 0.25) is 0 Å². The van der Waals surface area contributed by atoms with Crippen LogP contribution in [0.4, 0.5) is 10.1 Å².